The molecule has 29 heavy (non-hydrogen) atoms. The van der Waals surface area contributed by atoms with Crippen molar-refractivity contribution < 1.29 is 12.6 Å². The van der Waals surface area contributed by atoms with Gasteiger partial charge in [-0.1, -0.05) is 23.7 Å². The molecule has 0 N–H and O–H groups in total. The van der Waals surface area contributed by atoms with Gasteiger partial charge in [-0.2, -0.15) is 8.42 Å². The fourth-order valence-corrected chi connectivity index (χ4v) is 4.04. The van der Waals surface area contributed by atoms with Crippen molar-refractivity contribution in [1.29, 1.82) is 0 Å². The van der Waals surface area contributed by atoms with Crippen LogP contribution in [0.4, 0.5) is 0 Å². The van der Waals surface area contributed by atoms with Gasteiger partial charge in [-0.25, -0.2) is 4.98 Å². The second kappa shape index (κ2) is 8.65. The van der Waals surface area contributed by atoms with E-state index in [9.17, 15) is 13.2 Å². The summed E-state index contributed by atoms with van der Waals surface area (Å²) in [7, 11) is -3.52. The van der Waals surface area contributed by atoms with Gasteiger partial charge >= 0.3 is 0 Å². The summed E-state index contributed by atoms with van der Waals surface area (Å²) >= 11 is 6.21. The monoisotopic (exact) mass is 434 g/mol. The SMILES string of the molecule is CCn1c(=O)c(CCCOS(C)(=O)=O)c(-c2cccc(Cl)c2)c2ccc(C)nc21. The first-order chi connectivity index (χ1) is 13.7. The number of halogens is 1. The van der Waals surface area contributed by atoms with Gasteiger partial charge in [-0.3, -0.25) is 13.5 Å². The Hall–Kier alpha value is -2.22. The van der Waals surface area contributed by atoms with Gasteiger partial charge in [-0.05, 0) is 56.5 Å². The molecule has 6 nitrogen and oxygen atoms in total. The standard InChI is InChI=1S/C21H23ClN2O4S/c1-4-24-20-17(11-10-14(2)23-20)19(15-7-5-8-16(22)13-15)18(21(24)25)9-6-12-28-29(3,26)27/h5,7-8,10-11,13H,4,6,9,12H2,1-3H3. The normalized spacial score (nSPS) is 11.9. The first-order valence-electron chi connectivity index (χ1n) is 9.34. The highest BCUT2D eigenvalue weighted by atomic mass is 35.5. The molecule has 3 aromatic rings. The number of aryl methyl sites for hydroxylation is 2. The quantitative estimate of drug-likeness (QED) is 0.415. The van der Waals surface area contributed by atoms with Crippen molar-refractivity contribution in [1.82, 2.24) is 9.55 Å². The van der Waals surface area contributed by atoms with Crippen LogP contribution in [0.3, 0.4) is 0 Å². The second-order valence-electron chi connectivity index (χ2n) is 6.87. The Bertz CT molecular complexity index is 1220. The fourth-order valence-electron chi connectivity index (χ4n) is 3.43. The van der Waals surface area contributed by atoms with Gasteiger partial charge in [0.05, 0.1) is 12.9 Å². The summed E-state index contributed by atoms with van der Waals surface area (Å²) in [5.74, 6) is 0. The Morgan fingerprint density at radius 2 is 1.97 bits per heavy atom. The zero-order valence-electron chi connectivity index (χ0n) is 16.6. The molecule has 0 bridgehead atoms. The van der Waals surface area contributed by atoms with Crippen molar-refractivity contribution in [2.24, 2.45) is 0 Å². The van der Waals surface area contributed by atoms with Crippen LogP contribution < -0.4 is 5.56 Å². The van der Waals surface area contributed by atoms with Gasteiger partial charge in [-0.15, -0.1) is 0 Å². The van der Waals surface area contributed by atoms with E-state index in [1.165, 1.54) is 0 Å². The number of hydrogen-bond acceptors (Lipinski definition) is 5. The van der Waals surface area contributed by atoms with Crippen LogP contribution in [0.1, 0.15) is 24.6 Å². The molecule has 2 heterocycles. The number of fused-ring (bicyclic) bond motifs is 1. The summed E-state index contributed by atoms with van der Waals surface area (Å²) in [5.41, 5.74) is 3.53. The van der Waals surface area contributed by atoms with Crippen LogP contribution in [0, 0.1) is 6.92 Å². The van der Waals surface area contributed by atoms with E-state index in [4.69, 9.17) is 15.8 Å². The van der Waals surface area contributed by atoms with Crippen LogP contribution >= 0.6 is 11.6 Å². The summed E-state index contributed by atoms with van der Waals surface area (Å²) < 4.78 is 29.0. The van der Waals surface area contributed by atoms with Crippen LogP contribution in [0.25, 0.3) is 22.2 Å². The summed E-state index contributed by atoms with van der Waals surface area (Å²) in [5, 5.41) is 1.43. The summed E-state index contributed by atoms with van der Waals surface area (Å²) in [6.45, 7) is 4.29. The average Bonchev–Trinajstić information content (AvgIpc) is 2.64. The number of rotatable bonds is 7. The molecule has 3 rings (SSSR count). The lowest BCUT2D eigenvalue weighted by Gasteiger charge is -2.17. The van der Waals surface area contributed by atoms with E-state index in [1.807, 2.05) is 44.2 Å². The third kappa shape index (κ3) is 4.86. The van der Waals surface area contributed by atoms with Crippen molar-refractivity contribution >= 4 is 32.8 Å². The Morgan fingerprint density at radius 1 is 1.21 bits per heavy atom. The van der Waals surface area contributed by atoms with Crippen molar-refractivity contribution in [3.05, 3.63) is 63.0 Å². The Labute approximate surface area is 175 Å². The molecule has 0 unspecified atom stereocenters. The first kappa shape index (κ1) is 21.5. The topological polar surface area (TPSA) is 78.3 Å². The lowest BCUT2D eigenvalue weighted by atomic mass is 9.94. The third-order valence-corrected chi connectivity index (χ3v) is 5.47. The van der Waals surface area contributed by atoms with Gasteiger partial charge in [0, 0.05) is 33.8 Å². The van der Waals surface area contributed by atoms with E-state index in [0.29, 0.717) is 35.6 Å². The highest BCUT2D eigenvalue weighted by Crippen LogP contribution is 2.32. The summed E-state index contributed by atoms with van der Waals surface area (Å²) in [6, 6.07) is 11.2. The molecular weight excluding hydrogens is 412 g/mol. The fraction of sp³-hybridized carbons (Fsp3) is 0.333. The van der Waals surface area contributed by atoms with Crippen molar-refractivity contribution in [2.45, 2.75) is 33.2 Å². The minimum atomic E-state index is -3.52. The zero-order chi connectivity index (χ0) is 21.2. The van der Waals surface area contributed by atoms with Crippen LogP contribution in [0.5, 0.6) is 0 Å². The molecule has 0 amide bonds. The number of hydrogen-bond donors (Lipinski definition) is 0. The van der Waals surface area contributed by atoms with E-state index in [-0.39, 0.29) is 12.2 Å². The molecule has 0 atom stereocenters. The summed E-state index contributed by atoms with van der Waals surface area (Å²) in [4.78, 5) is 17.9. The van der Waals surface area contributed by atoms with Gasteiger partial charge in [0.1, 0.15) is 5.65 Å². The minimum Gasteiger partial charge on any atom is -0.293 e. The van der Waals surface area contributed by atoms with E-state index in [1.54, 1.807) is 10.6 Å². The number of nitrogens with zero attached hydrogens (tertiary/aromatic N) is 2. The number of aromatic nitrogens is 2. The predicted molar refractivity (Wildman–Crippen MR) is 116 cm³/mol. The van der Waals surface area contributed by atoms with Crippen LogP contribution in [-0.4, -0.2) is 30.8 Å². The van der Waals surface area contributed by atoms with Gasteiger partial charge in [0.15, 0.2) is 0 Å². The maximum atomic E-state index is 13.3. The second-order valence-corrected chi connectivity index (χ2v) is 8.95. The molecule has 2 aromatic heterocycles. The van der Waals surface area contributed by atoms with Crippen molar-refractivity contribution in [3.8, 4) is 11.1 Å². The molecule has 154 valence electrons. The van der Waals surface area contributed by atoms with E-state index in [2.05, 4.69) is 4.98 Å². The summed E-state index contributed by atoms with van der Waals surface area (Å²) in [6.07, 6.45) is 1.78. The molecule has 0 saturated heterocycles. The molecule has 8 heteroatoms. The molecule has 1 aromatic carbocycles. The lowest BCUT2D eigenvalue weighted by Crippen LogP contribution is -2.26. The predicted octanol–water partition coefficient (Wildman–Crippen LogP) is 3.95. The van der Waals surface area contributed by atoms with Crippen LogP contribution in [-0.2, 0) is 27.3 Å². The largest absolute Gasteiger partial charge is 0.293 e. The first-order valence-corrected chi connectivity index (χ1v) is 11.5. The van der Waals surface area contributed by atoms with Gasteiger partial charge < -0.3 is 0 Å². The molecule has 0 aliphatic rings. The molecule has 0 aliphatic heterocycles. The van der Waals surface area contributed by atoms with E-state index >= 15 is 0 Å². The number of pyridine rings is 2. The molecule has 0 saturated carbocycles. The highest BCUT2D eigenvalue weighted by molar-refractivity contribution is 7.85. The van der Waals surface area contributed by atoms with Gasteiger partial charge in [0.25, 0.3) is 15.7 Å². The van der Waals surface area contributed by atoms with E-state index in [0.717, 1.165) is 28.5 Å². The molecule has 0 radical (unpaired) electrons. The van der Waals surface area contributed by atoms with E-state index < -0.39 is 10.1 Å². The maximum Gasteiger partial charge on any atom is 0.264 e. The Balaban J connectivity index is 2.22. The van der Waals surface area contributed by atoms with Crippen LogP contribution in [0.2, 0.25) is 5.02 Å². The zero-order valence-corrected chi connectivity index (χ0v) is 18.2. The maximum absolute atomic E-state index is 13.3. The highest BCUT2D eigenvalue weighted by Gasteiger charge is 2.19. The Kier molecular flexibility index (Phi) is 6.41. The molecule has 0 fully saturated rings. The minimum absolute atomic E-state index is 0.0174. The Morgan fingerprint density at radius 3 is 2.62 bits per heavy atom. The average molecular weight is 435 g/mol. The molecule has 0 aliphatic carbocycles. The molecule has 0 spiro atoms. The van der Waals surface area contributed by atoms with Crippen LogP contribution in [0.15, 0.2) is 41.2 Å². The third-order valence-electron chi connectivity index (χ3n) is 4.64. The van der Waals surface area contributed by atoms with Gasteiger partial charge in [0.2, 0.25) is 0 Å². The van der Waals surface area contributed by atoms with Crippen molar-refractivity contribution in [2.75, 3.05) is 12.9 Å². The van der Waals surface area contributed by atoms with Crippen molar-refractivity contribution in [3.63, 3.8) is 0 Å². The lowest BCUT2D eigenvalue weighted by molar-refractivity contribution is 0.315. The molecular formula is C21H23ClN2O4S. The number of benzene rings is 1. The smallest absolute Gasteiger partial charge is 0.264 e.